The van der Waals surface area contributed by atoms with Crippen molar-refractivity contribution in [1.29, 1.82) is 0 Å². The molecule has 1 saturated carbocycles. The molecular weight excluding hydrogens is 224 g/mol. The number of nitrogens with two attached hydrogens (primary N) is 1. The molecule has 0 bridgehead atoms. The summed E-state index contributed by atoms with van der Waals surface area (Å²) >= 11 is 0. The van der Waals surface area contributed by atoms with E-state index in [1.165, 1.54) is 12.5 Å². The predicted molar refractivity (Wildman–Crippen MR) is 63.8 cm³/mol. The lowest BCUT2D eigenvalue weighted by molar-refractivity contribution is 0.445. The van der Waals surface area contributed by atoms with Gasteiger partial charge in [0, 0.05) is 11.7 Å². The number of aryl methyl sites for hydroxylation is 1. The van der Waals surface area contributed by atoms with E-state index in [9.17, 15) is 8.42 Å². The van der Waals surface area contributed by atoms with Gasteiger partial charge in [0.25, 0.3) is 0 Å². The molecule has 0 aromatic heterocycles. The molecule has 1 aromatic rings. The highest BCUT2D eigenvalue weighted by Crippen LogP contribution is 2.26. The van der Waals surface area contributed by atoms with Crippen LogP contribution in [0.25, 0.3) is 0 Å². The number of sulfonamides is 1. The third-order valence-corrected chi connectivity index (χ3v) is 3.91. The van der Waals surface area contributed by atoms with Gasteiger partial charge in [0.2, 0.25) is 10.0 Å². The van der Waals surface area contributed by atoms with Crippen molar-refractivity contribution in [2.24, 2.45) is 5.14 Å². The predicted octanol–water partition coefficient (Wildman–Crippen LogP) is 1.61. The summed E-state index contributed by atoms with van der Waals surface area (Å²) in [7, 11) is -3.61. The standard InChI is InChI=1S/C11H16N2O2S/c1-8-5-6-10(16(12,14)15)7-11(8)13-9-3-2-4-9/h5-7,9,13H,2-4H2,1H3,(H2,12,14,15). The molecule has 0 atom stereocenters. The Morgan fingerprint density at radius 1 is 1.38 bits per heavy atom. The number of anilines is 1. The molecular formula is C11H16N2O2S. The van der Waals surface area contributed by atoms with Gasteiger partial charge in [0.1, 0.15) is 0 Å². The van der Waals surface area contributed by atoms with Gasteiger partial charge in [-0.1, -0.05) is 6.07 Å². The van der Waals surface area contributed by atoms with Crippen LogP contribution in [0.1, 0.15) is 24.8 Å². The Bertz CT molecular complexity index is 493. The Hall–Kier alpha value is -1.07. The molecule has 1 aliphatic rings. The number of benzene rings is 1. The Balaban J connectivity index is 2.28. The van der Waals surface area contributed by atoms with Gasteiger partial charge in [-0.2, -0.15) is 0 Å². The van der Waals surface area contributed by atoms with Gasteiger partial charge in [-0.3, -0.25) is 0 Å². The Kier molecular flexibility index (Phi) is 2.90. The summed E-state index contributed by atoms with van der Waals surface area (Å²) in [6.45, 7) is 1.95. The molecule has 4 nitrogen and oxygen atoms in total. The Labute approximate surface area is 95.9 Å². The maximum absolute atomic E-state index is 11.2. The lowest BCUT2D eigenvalue weighted by Gasteiger charge is -2.28. The number of primary sulfonamides is 1. The minimum atomic E-state index is -3.61. The first kappa shape index (κ1) is 11.4. The Morgan fingerprint density at radius 3 is 2.56 bits per heavy atom. The van der Waals surface area contributed by atoms with E-state index in [1.54, 1.807) is 12.1 Å². The van der Waals surface area contributed by atoms with Gasteiger partial charge in [-0.15, -0.1) is 0 Å². The molecule has 16 heavy (non-hydrogen) atoms. The first-order chi connectivity index (χ1) is 7.47. The number of hydrogen-bond acceptors (Lipinski definition) is 3. The van der Waals surface area contributed by atoms with E-state index in [-0.39, 0.29) is 4.90 Å². The molecule has 1 fully saturated rings. The fourth-order valence-corrected chi connectivity index (χ4v) is 2.25. The number of hydrogen-bond donors (Lipinski definition) is 2. The van der Waals surface area contributed by atoms with E-state index in [1.807, 2.05) is 6.92 Å². The summed E-state index contributed by atoms with van der Waals surface area (Å²) in [6.07, 6.45) is 3.55. The minimum absolute atomic E-state index is 0.167. The van der Waals surface area contributed by atoms with Crippen LogP contribution in [-0.2, 0) is 10.0 Å². The van der Waals surface area contributed by atoms with Gasteiger partial charge in [-0.05, 0) is 43.9 Å². The van der Waals surface area contributed by atoms with Gasteiger partial charge in [-0.25, -0.2) is 13.6 Å². The van der Waals surface area contributed by atoms with Crippen molar-refractivity contribution in [3.8, 4) is 0 Å². The van der Waals surface area contributed by atoms with E-state index >= 15 is 0 Å². The summed E-state index contributed by atoms with van der Waals surface area (Å²) in [5.74, 6) is 0. The molecule has 1 aromatic carbocycles. The van der Waals surface area contributed by atoms with Crippen LogP contribution in [0.3, 0.4) is 0 Å². The highest BCUT2D eigenvalue weighted by atomic mass is 32.2. The van der Waals surface area contributed by atoms with Crippen molar-refractivity contribution in [3.05, 3.63) is 23.8 Å². The zero-order valence-electron chi connectivity index (χ0n) is 9.23. The largest absolute Gasteiger partial charge is 0.382 e. The molecule has 0 spiro atoms. The van der Waals surface area contributed by atoms with Crippen molar-refractivity contribution >= 4 is 15.7 Å². The molecule has 5 heteroatoms. The Morgan fingerprint density at radius 2 is 2.06 bits per heavy atom. The van der Waals surface area contributed by atoms with Crippen LogP contribution in [0.5, 0.6) is 0 Å². The SMILES string of the molecule is Cc1ccc(S(N)(=O)=O)cc1NC1CCC1. The second-order valence-electron chi connectivity index (χ2n) is 4.29. The van der Waals surface area contributed by atoms with Gasteiger partial charge < -0.3 is 5.32 Å². The molecule has 3 N–H and O–H groups in total. The summed E-state index contributed by atoms with van der Waals surface area (Å²) in [6, 6.07) is 5.41. The van der Waals surface area contributed by atoms with Crippen LogP contribution in [0.2, 0.25) is 0 Å². The van der Waals surface area contributed by atoms with E-state index in [0.717, 1.165) is 24.1 Å². The van der Waals surface area contributed by atoms with E-state index < -0.39 is 10.0 Å². The molecule has 0 unspecified atom stereocenters. The third kappa shape index (κ3) is 2.36. The van der Waals surface area contributed by atoms with Crippen molar-refractivity contribution in [1.82, 2.24) is 0 Å². The summed E-state index contributed by atoms with van der Waals surface area (Å²) < 4.78 is 22.4. The van der Waals surface area contributed by atoms with E-state index in [4.69, 9.17) is 5.14 Å². The van der Waals surface area contributed by atoms with Crippen molar-refractivity contribution < 1.29 is 8.42 Å². The van der Waals surface area contributed by atoms with Crippen molar-refractivity contribution in [2.45, 2.75) is 37.1 Å². The minimum Gasteiger partial charge on any atom is -0.382 e. The molecule has 0 aliphatic heterocycles. The number of rotatable bonds is 3. The lowest BCUT2D eigenvalue weighted by Crippen LogP contribution is -2.27. The third-order valence-electron chi connectivity index (χ3n) is 3.00. The second kappa shape index (κ2) is 4.07. The van der Waals surface area contributed by atoms with E-state index in [0.29, 0.717) is 6.04 Å². The van der Waals surface area contributed by atoms with Crippen molar-refractivity contribution in [3.63, 3.8) is 0 Å². The van der Waals surface area contributed by atoms with Gasteiger partial charge in [0.05, 0.1) is 4.90 Å². The van der Waals surface area contributed by atoms with Crippen LogP contribution in [0.4, 0.5) is 5.69 Å². The highest BCUT2D eigenvalue weighted by Gasteiger charge is 2.18. The normalized spacial score (nSPS) is 16.9. The molecule has 0 saturated heterocycles. The molecule has 0 radical (unpaired) electrons. The van der Waals surface area contributed by atoms with Crippen LogP contribution in [0, 0.1) is 6.92 Å². The zero-order chi connectivity index (χ0) is 11.8. The van der Waals surface area contributed by atoms with Crippen LogP contribution < -0.4 is 10.5 Å². The first-order valence-corrected chi connectivity index (χ1v) is 6.91. The maximum atomic E-state index is 11.2. The molecule has 2 rings (SSSR count). The van der Waals surface area contributed by atoms with Crippen LogP contribution in [-0.4, -0.2) is 14.5 Å². The van der Waals surface area contributed by atoms with Gasteiger partial charge in [0.15, 0.2) is 0 Å². The first-order valence-electron chi connectivity index (χ1n) is 5.37. The summed E-state index contributed by atoms with van der Waals surface area (Å²) in [4.78, 5) is 0.167. The topological polar surface area (TPSA) is 72.2 Å². The van der Waals surface area contributed by atoms with E-state index in [2.05, 4.69) is 5.32 Å². The second-order valence-corrected chi connectivity index (χ2v) is 5.86. The molecule has 0 amide bonds. The maximum Gasteiger partial charge on any atom is 0.238 e. The number of nitrogens with one attached hydrogen (secondary N) is 1. The van der Waals surface area contributed by atoms with Crippen LogP contribution >= 0.6 is 0 Å². The van der Waals surface area contributed by atoms with Gasteiger partial charge >= 0.3 is 0 Å². The van der Waals surface area contributed by atoms with Crippen molar-refractivity contribution in [2.75, 3.05) is 5.32 Å². The smallest absolute Gasteiger partial charge is 0.238 e. The summed E-state index contributed by atoms with van der Waals surface area (Å²) in [5, 5.41) is 8.44. The monoisotopic (exact) mass is 240 g/mol. The molecule has 88 valence electrons. The fraction of sp³-hybridized carbons (Fsp3) is 0.455. The quantitative estimate of drug-likeness (QED) is 0.843. The summed E-state index contributed by atoms with van der Waals surface area (Å²) in [5.41, 5.74) is 1.91. The highest BCUT2D eigenvalue weighted by molar-refractivity contribution is 7.89. The fourth-order valence-electron chi connectivity index (χ4n) is 1.71. The lowest BCUT2D eigenvalue weighted by atomic mass is 9.93. The molecule has 0 heterocycles. The molecule has 1 aliphatic carbocycles. The zero-order valence-corrected chi connectivity index (χ0v) is 10.0. The average molecular weight is 240 g/mol. The average Bonchev–Trinajstić information content (AvgIpc) is 2.11. The van der Waals surface area contributed by atoms with Crippen LogP contribution in [0.15, 0.2) is 23.1 Å².